The third-order valence-electron chi connectivity index (χ3n) is 3.54. The Morgan fingerprint density at radius 1 is 1.00 bits per heavy atom. The number of benzene rings is 3. The first-order valence-corrected chi connectivity index (χ1v) is 6.93. The van der Waals surface area contributed by atoms with Gasteiger partial charge >= 0.3 is 0 Å². The third kappa shape index (κ3) is 2.39. The van der Waals surface area contributed by atoms with E-state index in [2.05, 4.69) is 6.07 Å². The molecule has 3 rings (SSSR count). The first-order chi connectivity index (χ1) is 10.2. The lowest BCUT2D eigenvalue weighted by molar-refractivity contribution is 0.112. The molecular formula is C18H13ClO2. The van der Waals surface area contributed by atoms with Crippen LogP contribution in [-0.2, 0) is 0 Å². The van der Waals surface area contributed by atoms with Gasteiger partial charge in [0.15, 0.2) is 6.29 Å². The van der Waals surface area contributed by atoms with Crippen molar-refractivity contribution in [1.29, 1.82) is 0 Å². The molecule has 0 atom stereocenters. The Morgan fingerprint density at radius 2 is 1.76 bits per heavy atom. The molecule has 0 saturated carbocycles. The molecule has 0 spiro atoms. The molecule has 3 aromatic rings. The maximum Gasteiger partial charge on any atom is 0.151 e. The van der Waals surface area contributed by atoms with Gasteiger partial charge in [0, 0.05) is 10.9 Å². The van der Waals surface area contributed by atoms with E-state index in [1.165, 1.54) is 0 Å². The Morgan fingerprint density at radius 3 is 2.43 bits per heavy atom. The molecule has 3 heteroatoms. The van der Waals surface area contributed by atoms with Gasteiger partial charge in [0.2, 0.25) is 0 Å². The summed E-state index contributed by atoms with van der Waals surface area (Å²) in [4.78, 5) is 10.9. The highest BCUT2D eigenvalue weighted by atomic mass is 35.5. The predicted octanol–water partition coefficient (Wildman–Crippen LogP) is 4.98. The van der Waals surface area contributed by atoms with Crippen molar-refractivity contribution in [2.24, 2.45) is 0 Å². The fraction of sp³-hybridized carbons (Fsp3) is 0.0556. The van der Waals surface area contributed by atoms with Crippen molar-refractivity contribution < 1.29 is 9.53 Å². The zero-order chi connectivity index (χ0) is 14.8. The molecule has 0 aromatic heterocycles. The summed E-state index contributed by atoms with van der Waals surface area (Å²) < 4.78 is 5.41. The zero-order valence-electron chi connectivity index (χ0n) is 11.5. The van der Waals surface area contributed by atoms with E-state index in [9.17, 15) is 4.79 Å². The molecule has 0 amide bonds. The second-order valence-electron chi connectivity index (χ2n) is 4.72. The molecule has 0 aliphatic carbocycles. The average molecular weight is 297 g/mol. The summed E-state index contributed by atoms with van der Waals surface area (Å²) in [5, 5.41) is 2.60. The highest BCUT2D eigenvalue weighted by molar-refractivity contribution is 6.33. The summed E-state index contributed by atoms with van der Waals surface area (Å²) in [7, 11) is 1.66. The van der Waals surface area contributed by atoms with Gasteiger partial charge in [-0.25, -0.2) is 0 Å². The second kappa shape index (κ2) is 5.58. The zero-order valence-corrected chi connectivity index (χ0v) is 12.2. The van der Waals surface area contributed by atoms with E-state index in [4.69, 9.17) is 16.3 Å². The number of fused-ring (bicyclic) bond motifs is 1. The topological polar surface area (TPSA) is 26.3 Å². The normalized spacial score (nSPS) is 10.6. The van der Waals surface area contributed by atoms with Crippen LogP contribution < -0.4 is 4.74 Å². The summed E-state index contributed by atoms with van der Waals surface area (Å²) in [6, 6.07) is 17.5. The maximum atomic E-state index is 10.9. The number of methoxy groups -OCH3 is 1. The number of carbonyl (C=O) groups excluding carboxylic acids is 1. The van der Waals surface area contributed by atoms with Crippen molar-refractivity contribution in [3.8, 4) is 16.9 Å². The SMILES string of the molecule is COc1ccc(-c2ccc(C=O)c(Cl)c2)c2ccccc12. The molecule has 0 aliphatic heterocycles. The number of rotatable bonds is 3. The van der Waals surface area contributed by atoms with E-state index < -0.39 is 0 Å². The summed E-state index contributed by atoms with van der Waals surface area (Å²) >= 11 is 6.13. The van der Waals surface area contributed by atoms with Crippen LogP contribution in [0.5, 0.6) is 5.75 Å². The van der Waals surface area contributed by atoms with Gasteiger partial charge in [-0.2, -0.15) is 0 Å². The van der Waals surface area contributed by atoms with Crippen LogP contribution in [0.25, 0.3) is 21.9 Å². The van der Waals surface area contributed by atoms with Crippen molar-refractivity contribution in [2.75, 3.05) is 7.11 Å². The predicted molar refractivity (Wildman–Crippen MR) is 86.3 cm³/mol. The van der Waals surface area contributed by atoms with E-state index in [-0.39, 0.29) is 0 Å². The summed E-state index contributed by atoms with van der Waals surface area (Å²) in [6.07, 6.45) is 0.762. The Labute approximate surface area is 127 Å². The quantitative estimate of drug-likeness (QED) is 0.637. The second-order valence-corrected chi connectivity index (χ2v) is 5.12. The number of hydrogen-bond donors (Lipinski definition) is 0. The van der Waals surface area contributed by atoms with Crippen molar-refractivity contribution >= 4 is 28.7 Å². The van der Waals surface area contributed by atoms with Crippen LogP contribution in [0, 0.1) is 0 Å². The fourth-order valence-electron chi connectivity index (χ4n) is 2.49. The minimum Gasteiger partial charge on any atom is -0.496 e. The van der Waals surface area contributed by atoms with E-state index in [1.807, 2.05) is 42.5 Å². The average Bonchev–Trinajstić information content (AvgIpc) is 2.53. The van der Waals surface area contributed by atoms with Gasteiger partial charge in [-0.05, 0) is 34.7 Å². The van der Waals surface area contributed by atoms with Gasteiger partial charge in [-0.15, -0.1) is 0 Å². The first kappa shape index (κ1) is 13.7. The Balaban J connectivity index is 2.26. The molecule has 3 aromatic carbocycles. The van der Waals surface area contributed by atoms with Gasteiger partial charge in [0.1, 0.15) is 5.75 Å². The van der Waals surface area contributed by atoms with Crippen LogP contribution >= 0.6 is 11.6 Å². The lowest BCUT2D eigenvalue weighted by Gasteiger charge is -2.11. The molecule has 0 unspecified atom stereocenters. The van der Waals surface area contributed by atoms with E-state index in [0.29, 0.717) is 10.6 Å². The van der Waals surface area contributed by atoms with E-state index >= 15 is 0 Å². The number of ether oxygens (including phenoxy) is 1. The van der Waals surface area contributed by atoms with Crippen LogP contribution in [0.1, 0.15) is 10.4 Å². The minimum absolute atomic E-state index is 0.461. The van der Waals surface area contributed by atoms with Crippen molar-refractivity contribution in [1.82, 2.24) is 0 Å². The highest BCUT2D eigenvalue weighted by Gasteiger charge is 2.09. The van der Waals surface area contributed by atoms with Crippen molar-refractivity contribution in [2.45, 2.75) is 0 Å². The molecule has 21 heavy (non-hydrogen) atoms. The minimum atomic E-state index is 0.461. The summed E-state index contributed by atoms with van der Waals surface area (Å²) in [6.45, 7) is 0. The van der Waals surface area contributed by atoms with Crippen LogP contribution in [0.4, 0.5) is 0 Å². The molecule has 0 fully saturated rings. The molecule has 0 saturated heterocycles. The van der Waals surface area contributed by atoms with Gasteiger partial charge in [0.05, 0.1) is 12.1 Å². The van der Waals surface area contributed by atoms with Gasteiger partial charge in [-0.3, -0.25) is 4.79 Å². The van der Waals surface area contributed by atoms with Gasteiger partial charge < -0.3 is 4.74 Å². The molecule has 0 N–H and O–H groups in total. The Hall–Kier alpha value is -2.32. The van der Waals surface area contributed by atoms with Crippen LogP contribution in [0.3, 0.4) is 0 Å². The number of aldehydes is 1. The fourth-order valence-corrected chi connectivity index (χ4v) is 2.72. The van der Waals surface area contributed by atoms with Crippen LogP contribution in [-0.4, -0.2) is 13.4 Å². The molecule has 0 heterocycles. The van der Waals surface area contributed by atoms with E-state index in [0.717, 1.165) is 33.9 Å². The number of hydrogen-bond acceptors (Lipinski definition) is 2. The van der Waals surface area contributed by atoms with Crippen LogP contribution in [0.2, 0.25) is 5.02 Å². The Bertz CT molecular complexity index is 825. The van der Waals surface area contributed by atoms with Crippen molar-refractivity contribution in [3.05, 3.63) is 65.2 Å². The molecule has 104 valence electrons. The van der Waals surface area contributed by atoms with Crippen molar-refractivity contribution in [3.63, 3.8) is 0 Å². The Kier molecular flexibility index (Phi) is 3.63. The molecular weight excluding hydrogens is 284 g/mol. The number of carbonyl (C=O) groups is 1. The third-order valence-corrected chi connectivity index (χ3v) is 3.87. The highest BCUT2D eigenvalue weighted by Crippen LogP contribution is 2.35. The lowest BCUT2D eigenvalue weighted by Crippen LogP contribution is -1.89. The lowest BCUT2D eigenvalue weighted by atomic mass is 9.97. The van der Waals surface area contributed by atoms with Gasteiger partial charge in [0.25, 0.3) is 0 Å². The maximum absolute atomic E-state index is 10.9. The smallest absolute Gasteiger partial charge is 0.151 e. The van der Waals surface area contributed by atoms with Gasteiger partial charge in [-0.1, -0.05) is 48.0 Å². The largest absolute Gasteiger partial charge is 0.496 e. The molecule has 0 aliphatic rings. The molecule has 2 nitrogen and oxygen atoms in total. The first-order valence-electron chi connectivity index (χ1n) is 6.55. The standard InChI is InChI=1S/C18H13ClO2/c1-21-18-9-8-14(15-4-2-3-5-16(15)18)12-6-7-13(11-20)17(19)10-12/h2-11H,1H3. The molecule has 0 bridgehead atoms. The molecule has 0 radical (unpaired) electrons. The summed E-state index contributed by atoms with van der Waals surface area (Å²) in [5.41, 5.74) is 2.54. The van der Waals surface area contributed by atoms with Crippen LogP contribution in [0.15, 0.2) is 54.6 Å². The summed E-state index contributed by atoms with van der Waals surface area (Å²) in [5.74, 6) is 0.838. The monoisotopic (exact) mass is 296 g/mol. The number of halogens is 1. The van der Waals surface area contributed by atoms with E-state index in [1.54, 1.807) is 13.2 Å².